The van der Waals surface area contributed by atoms with Crippen molar-refractivity contribution in [2.45, 2.75) is 29.7 Å². The molecule has 4 rings (SSSR count). The quantitative estimate of drug-likeness (QED) is 0.279. The van der Waals surface area contributed by atoms with E-state index in [1.54, 1.807) is 24.5 Å². The standard InChI is InChI=1S/C25H21F3N2O3S/c1-2-15-12-18(9-10-21(15)33-13-22(31)32)34-24(16-5-3-6-17(11-16)25(26,27)28)19-7-4-8-20-23(19)30-14-29-20/h3-12,14,24H,2,13H2,1H3,(H,29,30)(H,31,32). The minimum atomic E-state index is -4.46. The van der Waals surface area contributed by atoms with Crippen molar-refractivity contribution in [3.05, 3.63) is 89.2 Å². The minimum Gasteiger partial charge on any atom is -0.482 e. The third-order valence-corrected chi connectivity index (χ3v) is 6.59. The Morgan fingerprint density at radius 1 is 1.15 bits per heavy atom. The molecule has 0 radical (unpaired) electrons. The molecule has 0 bridgehead atoms. The Labute approximate surface area is 198 Å². The average Bonchev–Trinajstić information content (AvgIpc) is 3.30. The van der Waals surface area contributed by atoms with Gasteiger partial charge in [0.15, 0.2) is 6.61 Å². The molecule has 0 amide bonds. The number of alkyl halides is 3. The Balaban J connectivity index is 1.77. The first-order valence-corrected chi connectivity index (χ1v) is 11.4. The van der Waals surface area contributed by atoms with Gasteiger partial charge in [0.25, 0.3) is 0 Å². The number of ether oxygens (including phenoxy) is 1. The summed E-state index contributed by atoms with van der Waals surface area (Å²) in [6.45, 7) is 1.47. The predicted octanol–water partition coefficient (Wildman–Crippen LogP) is 6.49. The number of nitrogens with one attached hydrogen (secondary N) is 1. The summed E-state index contributed by atoms with van der Waals surface area (Å²) in [6.07, 6.45) is -2.29. The number of imidazole rings is 1. The van der Waals surface area contributed by atoms with E-state index in [-0.39, 0.29) is 0 Å². The first-order valence-electron chi connectivity index (χ1n) is 10.5. The SMILES string of the molecule is CCc1cc(SC(c2cccc(C(F)(F)F)c2)c2cccc3[nH]cnc23)ccc1OCC(=O)O. The normalized spacial score (nSPS) is 12.6. The Kier molecular flexibility index (Phi) is 6.83. The van der Waals surface area contributed by atoms with Crippen LogP contribution in [-0.2, 0) is 17.4 Å². The fraction of sp³-hybridized carbons (Fsp3) is 0.200. The van der Waals surface area contributed by atoms with Crippen LogP contribution in [0.5, 0.6) is 5.75 Å². The van der Waals surface area contributed by atoms with E-state index in [1.165, 1.54) is 23.9 Å². The number of carboxylic acids is 1. The van der Waals surface area contributed by atoms with Gasteiger partial charge in [-0.05, 0) is 53.4 Å². The number of rotatable bonds is 8. The molecule has 176 valence electrons. The average molecular weight is 487 g/mol. The second-order valence-corrected chi connectivity index (χ2v) is 8.75. The molecule has 0 aliphatic heterocycles. The highest BCUT2D eigenvalue weighted by atomic mass is 32.2. The van der Waals surface area contributed by atoms with Crippen LogP contribution >= 0.6 is 11.8 Å². The highest BCUT2D eigenvalue weighted by molar-refractivity contribution is 7.99. The number of nitrogens with zero attached hydrogens (tertiary/aromatic N) is 1. The van der Waals surface area contributed by atoms with Gasteiger partial charge in [-0.1, -0.05) is 37.3 Å². The number of hydrogen-bond acceptors (Lipinski definition) is 4. The lowest BCUT2D eigenvalue weighted by Gasteiger charge is -2.20. The van der Waals surface area contributed by atoms with Crippen LogP contribution in [0.4, 0.5) is 13.2 Å². The number of aromatic amines is 1. The number of carbonyl (C=O) groups is 1. The van der Waals surface area contributed by atoms with Crippen molar-refractivity contribution in [1.29, 1.82) is 0 Å². The topological polar surface area (TPSA) is 75.2 Å². The van der Waals surface area contributed by atoms with Gasteiger partial charge in [0.05, 0.1) is 28.2 Å². The minimum absolute atomic E-state index is 0.451. The highest BCUT2D eigenvalue weighted by Gasteiger charge is 2.31. The largest absolute Gasteiger partial charge is 0.482 e. The maximum atomic E-state index is 13.5. The second-order valence-electron chi connectivity index (χ2n) is 7.57. The van der Waals surface area contributed by atoms with Crippen molar-refractivity contribution in [2.75, 3.05) is 6.61 Å². The van der Waals surface area contributed by atoms with Gasteiger partial charge >= 0.3 is 12.1 Å². The first kappa shape index (κ1) is 23.7. The van der Waals surface area contributed by atoms with Gasteiger partial charge in [-0.25, -0.2) is 9.78 Å². The third kappa shape index (κ3) is 5.20. The van der Waals surface area contributed by atoms with Crippen LogP contribution in [0.2, 0.25) is 0 Å². The zero-order valence-electron chi connectivity index (χ0n) is 18.1. The van der Waals surface area contributed by atoms with Crippen molar-refractivity contribution < 1.29 is 27.8 Å². The molecule has 34 heavy (non-hydrogen) atoms. The van der Waals surface area contributed by atoms with Crippen molar-refractivity contribution in [3.63, 3.8) is 0 Å². The molecule has 0 spiro atoms. The van der Waals surface area contributed by atoms with Gasteiger partial charge < -0.3 is 14.8 Å². The lowest BCUT2D eigenvalue weighted by molar-refractivity contribution is -0.139. The zero-order valence-corrected chi connectivity index (χ0v) is 18.9. The van der Waals surface area contributed by atoms with Crippen LogP contribution in [0.25, 0.3) is 11.0 Å². The summed E-state index contributed by atoms with van der Waals surface area (Å²) >= 11 is 1.40. The van der Waals surface area contributed by atoms with Crippen LogP contribution in [-0.4, -0.2) is 27.7 Å². The molecular formula is C25H21F3N2O3S. The fourth-order valence-electron chi connectivity index (χ4n) is 3.71. The van der Waals surface area contributed by atoms with Crippen LogP contribution in [0.1, 0.15) is 34.4 Å². The molecule has 0 aliphatic carbocycles. The highest BCUT2D eigenvalue weighted by Crippen LogP contribution is 2.44. The molecule has 9 heteroatoms. The van der Waals surface area contributed by atoms with Crippen LogP contribution in [0.15, 0.2) is 71.9 Å². The summed E-state index contributed by atoms with van der Waals surface area (Å²) in [7, 11) is 0. The van der Waals surface area contributed by atoms with Crippen molar-refractivity contribution in [3.8, 4) is 5.75 Å². The van der Waals surface area contributed by atoms with Crippen LogP contribution in [0, 0.1) is 0 Å². The van der Waals surface area contributed by atoms with Crippen LogP contribution < -0.4 is 4.74 Å². The van der Waals surface area contributed by atoms with E-state index >= 15 is 0 Å². The first-order chi connectivity index (χ1) is 16.3. The third-order valence-electron chi connectivity index (χ3n) is 5.30. The summed E-state index contributed by atoms with van der Waals surface area (Å²) < 4.78 is 45.7. The smallest absolute Gasteiger partial charge is 0.416 e. The van der Waals surface area contributed by atoms with Crippen molar-refractivity contribution in [2.24, 2.45) is 0 Å². The molecule has 3 aromatic carbocycles. The maximum Gasteiger partial charge on any atom is 0.416 e. The summed E-state index contributed by atoms with van der Waals surface area (Å²) in [5, 5.41) is 8.43. The van der Waals surface area contributed by atoms with E-state index in [9.17, 15) is 18.0 Å². The molecule has 2 N–H and O–H groups in total. The molecule has 0 saturated heterocycles. The number of benzene rings is 3. The van der Waals surface area contributed by atoms with Crippen molar-refractivity contribution in [1.82, 2.24) is 9.97 Å². The zero-order chi connectivity index (χ0) is 24.3. The summed E-state index contributed by atoms with van der Waals surface area (Å²) in [6, 6.07) is 16.3. The van der Waals surface area contributed by atoms with Crippen LogP contribution in [0.3, 0.4) is 0 Å². The number of carboxylic acid groups (broad SMARTS) is 1. The number of para-hydroxylation sites is 1. The molecule has 1 unspecified atom stereocenters. The Morgan fingerprint density at radius 2 is 1.94 bits per heavy atom. The number of hydrogen-bond donors (Lipinski definition) is 2. The molecule has 0 aliphatic rings. The molecular weight excluding hydrogens is 465 g/mol. The van der Waals surface area contributed by atoms with Gasteiger partial charge in [-0.2, -0.15) is 13.2 Å². The number of aromatic nitrogens is 2. The molecule has 4 aromatic rings. The molecule has 1 aromatic heterocycles. The second kappa shape index (κ2) is 9.80. The summed E-state index contributed by atoms with van der Waals surface area (Å²) in [4.78, 5) is 19.1. The van der Waals surface area contributed by atoms with Gasteiger partial charge in [0.1, 0.15) is 5.75 Å². The number of aryl methyl sites for hydroxylation is 1. The summed E-state index contributed by atoms with van der Waals surface area (Å²) in [5.41, 5.74) is 2.87. The molecule has 1 heterocycles. The van der Waals surface area contributed by atoms with Gasteiger partial charge in [0.2, 0.25) is 0 Å². The monoisotopic (exact) mass is 486 g/mol. The Hall–Kier alpha value is -3.46. The Morgan fingerprint density at radius 3 is 2.68 bits per heavy atom. The lowest BCUT2D eigenvalue weighted by Crippen LogP contribution is -2.10. The summed E-state index contributed by atoms with van der Waals surface area (Å²) in [5.74, 6) is -0.600. The fourth-order valence-corrected chi connectivity index (χ4v) is 4.94. The molecule has 0 saturated carbocycles. The molecule has 0 fully saturated rings. The lowest BCUT2D eigenvalue weighted by atomic mass is 10.0. The number of thioether (sulfide) groups is 1. The van der Waals surface area contributed by atoms with E-state index in [1.807, 2.05) is 31.2 Å². The maximum absolute atomic E-state index is 13.5. The van der Waals surface area contributed by atoms with E-state index in [0.717, 1.165) is 27.6 Å². The van der Waals surface area contributed by atoms with Gasteiger partial charge in [-0.3, -0.25) is 0 Å². The molecule has 1 atom stereocenters. The van der Waals surface area contributed by atoms with E-state index in [0.29, 0.717) is 23.3 Å². The van der Waals surface area contributed by atoms with E-state index in [2.05, 4.69) is 9.97 Å². The Bertz CT molecular complexity index is 1320. The van der Waals surface area contributed by atoms with Gasteiger partial charge in [0, 0.05) is 4.90 Å². The van der Waals surface area contributed by atoms with Crippen molar-refractivity contribution >= 4 is 28.8 Å². The van der Waals surface area contributed by atoms with E-state index < -0.39 is 29.6 Å². The number of halogens is 3. The number of fused-ring (bicyclic) bond motifs is 1. The number of aliphatic carboxylic acids is 1. The van der Waals surface area contributed by atoms with E-state index in [4.69, 9.17) is 9.84 Å². The van der Waals surface area contributed by atoms with Gasteiger partial charge in [-0.15, -0.1) is 11.8 Å². The number of H-pyrrole nitrogens is 1. The molecule has 5 nitrogen and oxygen atoms in total. The predicted molar refractivity (Wildman–Crippen MR) is 124 cm³/mol.